The summed E-state index contributed by atoms with van der Waals surface area (Å²) in [6.45, 7) is 28.9. The Bertz CT molecular complexity index is 1750. The van der Waals surface area contributed by atoms with Crippen LogP contribution < -0.4 is 5.32 Å². The molecule has 7 rings (SSSR count). The Morgan fingerprint density at radius 1 is 0.746 bits per heavy atom. The van der Waals surface area contributed by atoms with Crippen molar-refractivity contribution in [3.05, 3.63) is 25.3 Å². The first kappa shape index (κ1) is 50.0. The van der Waals surface area contributed by atoms with Crippen molar-refractivity contribution in [1.82, 2.24) is 10.2 Å². The number of Topliss-reactive ketones (excluding diaryl/α,β-unsaturated/α-hetero) is 2. The maximum atomic E-state index is 14.2. The summed E-state index contributed by atoms with van der Waals surface area (Å²) >= 11 is 0. The lowest BCUT2D eigenvalue weighted by Crippen LogP contribution is -2.63. The molecule has 356 valence electrons. The van der Waals surface area contributed by atoms with Gasteiger partial charge in [-0.15, -0.1) is 13.2 Å². The largest absolute Gasteiger partial charge is 0.445 e. The number of hydrogen-bond donors (Lipinski definition) is 2. The zero-order valence-electron chi connectivity index (χ0n) is 41.4. The molecule has 0 aromatic heterocycles. The highest BCUT2D eigenvalue weighted by Gasteiger charge is 2.70. The van der Waals surface area contributed by atoms with E-state index in [-0.39, 0.29) is 81.6 Å². The maximum absolute atomic E-state index is 14.2. The van der Waals surface area contributed by atoms with Gasteiger partial charge in [0.25, 0.3) is 0 Å². The van der Waals surface area contributed by atoms with E-state index >= 15 is 0 Å². The standard InChI is InChI=1S/C31H50N2O5.C22H36O3/c1-9-13-29(5)17-24(38-28(36)32-27(35)22-18-33(7)16-12-19(22)2)30(6)20(3)10-14-31(21(4)26(29)34)15-11-23(37-8)25(30)31;1-7-10-20(4)13-17(23)21(5)14(2)8-11-22(15(3)19(20)24)12-9-16(25-6)18(21)22/h9,19-25H,1,10-18H2,2-8H3,(H,32,35,36);7,14-18,23H,1,8-13H2,2-6H3/t19-,20+,21-,22-,23+,24+,25?,29+,30-,31?;14-,15+,16-,17-,18?,20-,21+,22?/m01/s1. The number of alkyl carbamates (subject to hydrolysis) is 1. The van der Waals surface area contributed by atoms with Gasteiger partial charge in [0.15, 0.2) is 0 Å². The molecule has 6 aliphatic carbocycles. The van der Waals surface area contributed by atoms with Crippen molar-refractivity contribution in [2.75, 3.05) is 34.4 Å². The smallest absolute Gasteiger partial charge is 0.414 e. The zero-order valence-corrected chi connectivity index (χ0v) is 41.4. The molecule has 10 nitrogen and oxygen atoms in total. The fourth-order valence-corrected chi connectivity index (χ4v) is 16.1. The van der Waals surface area contributed by atoms with E-state index in [0.29, 0.717) is 43.9 Å². The van der Waals surface area contributed by atoms with Crippen LogP contribution in [0, 0.1) is 79.8 Å². The first-order valence-electron chi connectivity index (χ1n) is 24.7. The van der Waals surface area contributed by atoms with Gasteiger partial charge in [-0.05, 0) is 132 Å². The molecule has 63 heavy (non-hydrogen) atoms. The van der Waals surface area contributed by atoms with E-state index < -0.39 is 34.5 Å². The quantitative estimate of drug-likeness (QED) is 0.229. The van der Waals surface area contributed by atoms with Gasteiger partial charge >= 0.3 is 6.09 Å². The minimum atomic E-state index is -0.696. The number of hydrogen-bond acceptors (Lipinski definition) is 9. The Morgan fingerprint density at radius 3 is 1.70 bits per heavy atom. The number of imide groups is 1. The number of carbonyl (C=O) groups is 4. The van der Waals surface area contributed by atoms with Crippen LogP contribution in [0.3, 0.4) is 0 Å². The van der Waals surface area contributed by atoms with Crippen molar-refractivity contribution in [2.24, 2.45) is 79.8 Å². The average Bonchev–Trinajstić information content (AvgIpc) is 3.84. The number of likely N-dealkylation sites (tertiary alicyclic amines) is 1. The fourth-order valence-electron chi connectivity index (χ4n) is 16.1. The van der Waals surface area contributed by atoms with Gasteiger partial charge in [0, 0.05) is 60.2 Å². The lowest BCUT2D eigenvalue weighted by atomic mass is 9.43. The summed E-state index contributed by atoms with van der Waals surface area (Å²) < 4.78 is 18.3. The summed E-state index contributed by atoms with van der Waals surface area (Å²) in [4.78, 5) is 56.5. The van der Waals surface area contributed by atoms with Crippen LogP contribution in [-0.4, -0.2) is 92.3 Å². The third-order valence-corrected chi connectivity index (χ3v) is 20.5. The Morgan fingerprint density at radius 2 is 1.21 bits per heavy atom. The Kier molecular flexibility index (Phi) is 14.6. The fraction of sp³-hybridized carbons (Fsp3) is 0.849. The zero-order chi connectivity index (χ0) is 46.7. The van der Waals surface area contributed by atoms with E-state index in [1.807, 2.05) is 33.0 Å². The van der Waals surface area contributed by atoms with E-state index in [9.17, 15) is 24.3 Å². The van der Waals surface area contributed by atoms with Gasteiger partial charge in [-0.3, -0.25) is 19.7 Å². The number of aliphatic hydroxyl groups is 1. The second kappa shape index (κ2) is 18.4. The molecule has 4 bridgehead atoms. The molecule has 1 saturated heterocycles. The Hall–Kier alpha value is -2.40. The minimum Gasteiger partial charge on any atom is -0.445 e. The first-order chi connectivity index (χ1) is 29.5. The lowest BCUT2D eigenvalue weighted by molar-refractivity contribution is -0.191. The van der Waals surface area contributed by atoms with Gasteiger partial charge in [-0.25, -0.2) is 4.79 Å². The maximum Gasteiger partial charge on any atom is 0.414 e. The molecule has 2 amide bonds. The molecule has 7 fully saturated rings. The number of ether oxygens (including phenoxy) is 3. The van der Waals surface area contributed by atoms with Gasteiger partial charge in [-0.1, -0.05) is 74.5 Å². The number of nitrogens with one attached hydrogen (secondary N) is 1. The van der Waals surface area contributed by atoms with Crippen LogP contribution in [0.2, 0.25) is 0 Å². The highest BCUT2D eigenvalue weighted by Crippen LogP contribution is 2.70. The highest BCUT2D eigenvalue weighted by atomic mass is 16.6. The summed E-state index contributed by atoms with van der Waals surface area (Å²) in [5.41, 5.74) is -2.01. The second-order valence-electron chi connectivity index (χ2n) is 23.4. The number of carbonyl (C=O) groups excluding carboxylic acids is 4. The number of aliphatic hydroxyl groups excluding tert-OH is 1. The highest BCUT2D eigenvalue weighted by molar-refractivity contribution is 5.93. The minimum absolute atomic E-state index is 0.0104. The molecule has 6 saturated carbocycles. The van der Waals surface area contributed by atoms with E-state index in [2.05, 4.69) is 71.8 Å². The second-order valence-corrected chi connectivity index (χ2v) is 23.4. The van der Waals surface area contributed by atoms with E-state index in [1.54, 1.807) is 14.2 Å². The molecular weight excluding hydrogens is 793 g/mol. The monoisotopic (exact) mass is 879 g/mol. The van der Waals surface area contributed by atoms with Crippen molar-refractivity contribution in [3.8, 4) is 0 Å². The van der Waals surface area contributed by atoms with Crippen molar-refractivity contribution in [3.63, 3.8) is 0 Å². The predicted octanol–water partition coefficient (Wildman–Crippen LogP) is 9.62. The Balaban J connectivity index is 0.000000228. The predicted molar refractivity (Wildman–Crippen MR) is 248 cm³/mol. The van der Waals surface area contributed by atoms with Gasteiger partial charge in [0.05, 0.1) is 24.2 Å². The molecule has 0 aromatic carbocycles. The molecule has 10 heteroatoms. The number of rotatable bonds is 8. The third-order valence-electron chi connectivity index (χ3n) is 20.5. The average molecular weight is 879 g/mol. The van der Waals surface area contributed by atoms with Gasteiger partial charge in [0.2, 0.25) is 5.91 Å². The van der Waals surface area contributed by atoms with Crippen LogP contribution >= 0.6 is 0 Å². The number of ketones is 2. The van der Waals surface area contributed by atoms with Gasteiger partial charge < -0.3 is 24.2 Å². The van der Waals surface area contributed by atoms with Crippen LogP contribution in [0.15, 0.2) is 25.3 Å². The first-order valence-corrected chi connectivity index (χ1v) is 24.7. The summed E-state index contributed by atoms with van der Waals surface area (Å²) in [7, 11) is 5.57. The van der Waals surface area contributed by atoms with Crippen LogP contribution in [0.4, 0.5) is 4.79 Å². The molecule has 18 atom stereocenters. The molecule has 2 N–H and O–H groups in total. The molecule has 0 spiro atoms. The van der Waals surface area contributed by atoms with Crippen molar-refractivity contribution in [2.45, 2.75) is 170 Å². The molecule has 4 unspecified atom stereocenters. The number of piperidine rings is 1. The van der Waals surface area contributed by atoms with Gasteiger partial charge in [0.1, 0.15) is 17.7 Å². The molecule has 0 radical (unpaired) electrons. The normalized spacial score (nSPS) is 48.5. The van der Waals surface area contributed by atoms with E-state index in [1.165, 1.54) is 0 Å². The Labute approximate surface area is 380 Å². The number of methoxy groups -OCH3 is 2. The van der Waals surface area contributed by atoms with Crippen LogP contribution in [-0.2, 0) is 28.6 Å². The van der Waals surface area contributed by atoms with Crippen LogP contribution in [0.25, 0.3) is 0 Å². The van der Waals surface area contributed by atoms with Gasteiger partial charge in [-0.2, -0.15) is 0 Å². The van der Waals surface area contributed by atoms with E-state index in [0.717, 1.165) is 64.3 Å². The molecular formula is C53H86N2O8. The van der Waals surface area contributed by atoms with Crippen LogP contribution in [0.1, 0.15) is 146 Å². The topological polar surface area (TPSA) is 131 Å². The van der Waals surface area contributed by atoms with Crippen molar-refractivity contribution >= 4 is 23.6 Å². The van der Waals surface area contributed by atoms with Crippen molar-refractivity contribution < 1.29 is 38.5 Å². The summed E-state index contributed by atoms with van der Waals surface area (Å²) in [6, 6.07) is 0. The lowest BCUT2D eigenvalue weighted by Gasteiger charge is -2.61. The van der Waals surface area contributed by atoms with Crippen molar-refractivity contribution in [1.29, 1.82) is 0 Å². The van der Waals surface area contributed by atoms with E-state index in [4.69, 9.17) is 14.2 Å². The number of amides is 2. The SMILES string of the molecule is C=CC[C@]1(C)C[C@@H](O)[C@@]2(C)C3[C@H](OC)CCC3(CC[C@H]2C)[C@@H](C)C1=O.C=CC[C@]1(C)C[C@@H](OC(=O)NC(=O)[C@H]2CN(C)CC[C@@H]2C)[C@@]2(C)C3[C@H](OC)CCC3(CC[C@H]2C)[C@@H](C)C1=O. The molecule has 1 heterocycles. The van der Waals surface area contributed by atoms with Crippen LogP contribution in [0.5, 0.6) is 0 Å². The summed E-state index contributed by atoms with van der Waals surface area (Å²) in [5, 5.41) is 14.0. The molecule has 1 aliphatic heterocycles. The number of allylic oxidation sites excluding steroid dienone is 2. The molecule has 0 aromatic rings. The number of nitrogens with zero attached hydrogens (tertiary/aromatic N) is 1. The third kappa shape index (κ3) is 8.06. The summed E-state index contributed by atoms with van der Waals surface area (Å²) in [5.74, 6) is 1.20. The summed E-state index contributed by atoms with van der Waals surface area (Å²) in [6.07, 6.45) is 13.2. The molecule has 7 aliphatic rings.